The summed E-state index contributed by atoms with van der Waals surface area (Å²) >= 11 is 0. The Balaban J connectivity index is 1.30. The highest BCUT2D eigenvalue weighted by molar-refractivity contribution is 5.94. The molecule has 2 aliphatic rings. The van der Waals surface area contributed by atoms with E-state index in [1.807, 2.05) is 26.0 Å². The topological polar surface area (TPSA) is 64.7 Å². The Morgan fingerprint density at radius 2 is 1.69 bits per heavy atom. The molecule has 6 nitrogen and oxygen atoms in total. The van der Waals surface area contributed by atoms with E-state index in [4.69, 9.17) is 0 Å². The largest absolute Gasteiger partial charge is 0.338 e. The van der Waals surface area contributed by atoms with Crippen molar-refractivity contribution in [3.8, 4) is 0 Å². The molecule has 4 amide bonds. The van der Waals surface area contributed by atoms with Crippen molar-refractivity contribution in [1.82, 2.24) is 20.4 Å². The van der Waals surface area contributed by atoms with Crippen LogP contribution in [0.15, 0.2) is 42.5 Å². The predicted octanol–water partition coefficient (Wildman–Crippen LogP) is 5.18. The fourth-order valence-electron chi connectivity index (χ4n) is 5.25. The van der Waals surface area contributed by atoms with Gasteiger partial charge < -0.3 is 15.5 Å². The minimum Gasteiger partial charge on any atom is -0.338 e. The van der Waals surface area contributed by atoms with Crippen molar-refractivity contribution < 1.29 is 22.8 Å². The molecule has 1 atom stereocenters. The number of carbonyl (C=O) groups excluding carboxylic acids is 2. The Bertz CT molecular complexity index is 1080. The van der Waals surface area contributed by atoms with Gasteiger partial charge in [0, 0.05) is 18.5 Å². The van der Waals surface area contributed by atoms with E-state index in [1.165, 1.54) is 23.8 Å². The Morgan fingerprint density at radius 1 is 1.03 bits per heavy atom. The summed E-state index contributed by atoms with van der Waals surface area (Å²) in [7, 11) is 0. The van der Waals surface area contributed by atoms with Gasteiger partial charge in [0.05, 0.1) is 6.04 Å². The van der Waals surface area contributed by atoms with Crippen LogP contribution in [0.3, 0.4) is 0 Å². The second-order valence-corrected chi connectivity index (χ2v) is 10.3. The molecule has 0 bridgehead atoms. The minimum atomic E-state index is -1.02. The first-order valence-electron chi connectivity index (χ1n) is 12.4. The molecule has 4 rings (SSSR count). The normalized spacial score (nSPS) is 20.8. The summed E-state index contributed by atoms with van der Waals surface area (Å²) in [5.41, 5.74) is 0.944. The Labute approximate surface area is 209 Å². The number of piperidine rings is 1. The number of hydrogen-bond donors (Lipinski definition) is 2. The van der Waals surface area contributed by atoms with Crippen LogP contribution in [0.4, 0.5) is 22.8 Å². The van der Waals surface area contributed by atoms with Gasteiger partial charge in [-0.3, -0.25) is 0 Å². The van der Waals surface area contributed by atoms with Crippen molar-refractivity contribution in [2.75, 3.05) is 32.7 Å². The van der Waals surface area contributed by atoms with Gasteiger partial charge in [-0.1, -0.05) is 32.0 Å². The average molecular weight is 503 g/mol. The van der Waals surface area contributed by atoms with Crippen molar-refractivity contribution in [3.05, 3.63) is 71.0 Å². The Hall–Kier alpha value is -3.07. The van der Waals surface area contributed by atoms with Gasteiger partial charge in [0.2, 0.25) is 0 Å². The molecule has 0 radical (unpaired) electrons. The van der Waals surface area contributed by atoms with E-state index in [0.29, 0.717) is 31.0 Å². The highest BCUT2D eigenvalue weighted by atomic mass is 19.2. The van der Waals surface area contributed by atoms with Crippen LogP contribution in [0, 0.1) is 22.9 Å². The molecule has 2 aliphatic heterocycles. The van der Waals surface area contributed by atoms with Crippen LogP contribution in [-0.2, 0) is 0 Å². The van der Waals surface area contributed by atoms with Gasteiger partial charge in [0.15, 0.2) is 11.6 Å². The van der Waals surface area contributed by atoms with E-state index in [0.717, 1.165) is 49.5 Å². The average Bonchev–Trinajstić information content (AvgIpc) is 2.85. The summed E-state index contributed by atoms with van der Waals surface area (Å²) in [5, 5.41) is 5.54. The van der Waals surface area contributed by atoms with E-state index >= 15 is 0 Å². The van der Waals surface area contributed by atoms with Crippen molar-refractivity contribution in [2.45, 2.75) is 45.1 Å². The molecule has 1 unspecified atom stereocenters. The molecular weight excluding hydrogens is 469 g/mol. The van der Waals surface area contributed by atoms with Gasteiger partial charge in [-0.25, -0.2) is 27.7 Å². The lowest BCUT2D eigenvalue weighted by atomic mass is 9.78. The number of carbonyl (C=O) groups is 2. The SMILES string of the molecule is CC1(C)CNC(=O)N(C(=O)NCCCN2CCC(c3ccc(F)cc3)CC2)C1c1ccc(F)c(F)c1. The molecule has 9 heteroatoms. The molecule has 2 aromatic carbocycles. The summed E-state index contributed by atoms with van der Waals surface area (Å²) in [5.74, 6) is -1.79. The highest BCUT2D eigenvalue weighted by Gasteiger charge is 2.45. The maximum Gasteiger partial charge on any atom is 0.326 e. The van der Waals surface area contributed by atoms with Crippen LogP contribution < -0.4 is 10.6 Å². The van der Waals surface area contributed by atoms with Crippen LogP contribution in [0.25, 0.3) is 0 Å². The molecular formula is C27H33F3N4O2. The number of hydrogen-bond acceptors (Lipinski definition) is 3. The van der Waals surface area contributed by atoms with E-state index in [-0.39, 0.29) is 5.82 Å². The quantitative estimate of drug-likeness (QED) is 0.536. The number of halogens is 3. The summed E-state index contributed by atoms with van der Waals surface area (Å²) in [6, 6.07) is 8.34. The van der Waals surface area contributed by atoms with E-state index in [9.17, 15) is 22.8 Å². The van der Waals surface area contributed by atoms with Crippen molar-refractivity contribution in [2.24, 2.45) is 5.41 Å². The first-order valence-corrected chi connectivity index (χ1v) is 12.4. The maximum atomic E-state index is 14.0. The summed E-state index contributed by atoms with van der Waals surface area (Å²) < 4.78 is 40.6. The molecule has 2 fully saturated rings. The number of amides is 4. The van der Waals surface area contributed by atoms with Gasteiger partial charge in [0.1, 0.15) is 5.82 Å². The number of rotatable bonds is 6. The van der Waals surface area contributed by atoms with E-state index in [1.54, 1.807) is 0 Å². The standard InChI is InChI=1S/C27H33F3N4O2/c1-27(2)17-32-26(36)34(24(27)20-6-9-22(29)23(30)16-20)25(35)31-12-3-13-33-14-10-19(11-15-33)18-4-7-21(28)8-5-18/h4-9,16,19,24H,3,10-15,17H2,1-2H3,(H,31,35)(H,32,36). The van der Waals surface area contributed by atoms with Gasteiger partial charge in [-0.15, -0.1) is 0 Å². The summed E-state index contributed by atoms with van der Waals surface area (Å²) in [4.78, 5) is 29.1. The first kappa shape index (κ1) is 26.0. The number of imide groups is 1. The van der Waals surface area contributed by atoms with Crippen LogP contribution in [-0.4, -0.2) is 54.6 Å². The lowest BCUT2D eigenvalue weighted by Crippen LogP contribution is -2.60. The van der Waals surface area contributed by atoms with Gasteiger partial charge in [0.25, 0.3) is 0 Å². The second kappa shape index (κ2) is 10.9. The van der Waals surface area contributed by atoms with Gasteiger partial charge >= 0.3 is 12.1 Å². The van der Waals surface area contributed by atoms with Gasteiger partial charge in [-0.05, 0) is 80.2 Å². The molecule has 0 aliphatic carbocycles. The molecule has 194 valence electrons. The number of benzene rings is 2. The molecule has 2 saturated heterocycles. The monoisotopic (exact) mass is 502 g/mol. The zero-order valence-electron chi connectivity index (χ0n) is 20.7. The van der Waals surface area contributed by atoms with E-state index < -0.39 is 35.2 Å². The van der Waals surface area contributed by atoms with Crippen LogP contribution in [0.2, 0.25) is 0 Å². The fraction of sp³-hybridized carbons (Fsp3) is 0.481. The molecule has 2 heterocycles. The maximum absolute atomic E-state index is 14.0. The fourth-order valence-corrected chi connectivity index (χ4v) is 5.25. The zero-order chi connectivity index (χ0) is 25.9. The number of nitrogens with one attached hydrogen (secondary N) is 2. The Morgan fingerprint density at radius 3 is 2.36 bits per heavy atom. The first-order chi connectivity index (χ1) is 17.2. The van der Waals surface area contributed by atoms with Crippen molar-refractivity contribution >= 4 is 12.1 Å². The lowest BCUT2D eigenvalue weighted by Gasteiger charge is -2.45. The summed E-state index contributed by atoms with van der Waals surface area (Å²) in [6.07, 6.45) is 2.70. The van der Waals surface area contributed by atoms with Crippen LogP contribution >= 0.6 is 0 Å². The molecule has 0 aromatic heterocycles. The smallest absolute Gasteiger partial charge is 0.326 e. The van der Waals surface area contributed by atoms with E-state index in [2.05, 4.69) is 15.5 Å². The highest BCUT2D eigenvalue weighted by Crippen LogP contribution is 2.41. The third-order valence-electron chi connectivity index (χ3n) is 7.25. The molecule has 0 saturated carbocycles. The van der Waals surface area contributed by atoms with Crippen LogP contribution in [0.1, 0.15) is 56.2 Å². The second-order valence-electron chi connectivity index (χ2n) is 10.3. The molecule has 2 aromatic rings. The third-order valence-corrected chi connectivity index (χ3v) is 7.25. The zero-order valence-corrected chi connectivity index (χ0v) is 20.7. The van der Waals surface area contributed by atoms with Crippen molar-refractivity contribution in [1.29, 1.82) is 0 Å². The minimum absolute atomic E-state index is 0.222. The third kappa shape index (κ3) is 5.83. The van der Waals surface area contributed by atoms with Gasteiger partial charge in [-0.2, -0.15) is 0 Å². The Kier molecular flexibility index (Phi) is 7.88. The molecule has 36 heavy (non-hydrogen) atoms. The van der Waals surface area contributed by atoms with Crippen LogP contribution in [0.5, 0.6) is 0 Å². The molecule has 0 spiro atoms. The summed E-state index contributed by atoms with van der Waals surface area (Å²) in [6.45, 7) is 7.08. The molecule has 2 N–H and O–H groups in total. The number of likely N-dealkylation sites (tertiary alicyclic amines) is 1. The lowest BCUT2D eigenvalue weighted by molar-refractivity contribution is 0.0922. The van der Waals surface area contributed by atoms with Crippen molar-refractivity contribution in [3.63, 3.8) is 0 Å². The number of urea groups is 2. The predicted molar refractivity (Wildman–Crippen MR) is 131 cm³/mol. The number of nitrogens with zero attached hydrogens (tertiary/aromatic N) is 2.